The fourth-order valence-electron chi connectivity index (χ4n) is 5.41. The van der Waals surface area contributed by atoms with Crippen LogP contribution >= 0.6 is 23.2 Å². The second-order valence-corrected chi connectivity index (χ2v) is 13.3. The number of aromatic nitrogens is 3. The molecule has 242 valence electrons. The topological polar surface area (TPSA) is 116 Å². The molecule has 1 atom stereocenters. The van der Waals surface area contributed by atoms with Gasteiger partial charge in [-0.3, -0.25) is 14.3 Å². The highest BCUT2D eigenvalue weighted by atomic mass is 35.5. The van der Waals surface area contributed by atoms with Crippen molar-refractivity contribution in [3.63, 3.8) is 0 Å². The molecule has 0 fully saturated rings. The number of Topliss-reactive ketones (excluding diaryl/α,β-unsaturated/α-hetero) is 1. The Bertz CT molecular complexity index is 1700. The maximum atomic E-state index is 13.9. The zero-order valence-electron chi connectivity index (χ0n) is 26.2. The molecular weight excluding hydrogens is 627 g/mol. The molecule has 4 aromatic rings. The van der Waals surface area contributed by atoms with Crippen molar-refractivity contribution in [2.24, 2.45) is 0 Å². The van der Waals surface area contributed by atoms with Crippen molar-refractivity contribution in [1.82, 2.24) is 14.8 Å². The SMILES string of the molecule is CC(C)(C)OCc1c(C(=O)CC(CC(=O)O)c2cccc(Oc3cc(Cl)cc(Cl)c3)c2)cnn1CCc1ccc2c(n1)NCCC2. The van der Waals surface area contributed by atoms with Crippen molar-refractivity contribution < 1.29 is 24.2 Å². The number of rotatable bonds is 13. The summed E-state index contributed by atoms with van der Waals surface area (Å²) in [5, 5.41) is 18.6. The molecule has 0 bridgehead atoms. The van der Waals surface area contributed by atoms with E-state index in [1.165, 1.54) is 5.56 Å². The first-order valence-corrected chi connectivity index (χ1v) is 16.1. The van der Waals surface area contributed by atoms with Crippen LogP contribution in [0.15, 0.2) is 60.8 Å². The van der Waals surface area contributed by atoms with E-state index >= 15 is 0 Å². The fourth-order valence-corrected chi connectivity index (χ4v) is 5.92. The predicted octanol–water partition coefficient (Wildman–Crippen LogP) is 8.12. The lowest BCUT2D eigenvalue weighted by Crippen LogP contribution is -2.22. The van der Waals surface area contributed by atoms with Gasteiger partial charge in [-0.2, -0.15) is 5.10 Å². The number of hydrogen-bond acceptors (Lipinski definition) is 7. The third-order valence-corrected chi connectivity index (χ3v) is 8.11. The molecule has 46 heavy (non-hydrogen) atoms. The number of hydrogen-bond donors (Lipinski definition) is 2. The van der Waals surface area contributed by atoms with Gasteiger partial charge in [0, 0.05) is 47.6 Å². The van der Waals surface area contributed by atoms with Crippen LogP contribution in [-0.4, -0.2) is 43.8 Å². The van der Waals surface area contributed by atoms with Crippen molar-refractivity contribution in [1.29, 1.82) is 0 Å². The highest BCUT2D eigenvalue weighted by Gasteiger charge is 2.26. The van der Waals surface area contributed by atoms with Gasteiger partial charge >= 0.3 is 5.97 Å². The maximum absolute atomic E-state index is 13.9. The molecule has 1 aliphatic heterocycles. The first kappa shape index (κ1) is 33.4. The number of carbonyl (C=O) groups excluding carboxylic acids is 1. The highest BCUT2D eigenvalue weighted by Crippen LogP contribution is 2.33. The number of ether oxygens (including phenoxy) is 2. The van der Waals surface area contributed by atoms with Gasteiger partial charge in [0.25, 0.3) is 0 Å². The van der Waals surface area contributed by atoms with Gasteiger partial charge in [0.1, 0.15) is 17.3 Å². The summed E-state index contributed by atoms with van der Waals surface area (Å²) in [6, 6.07) is 16.1. The van der Waals surface area contributed by atoms with E-state index in [9.17, 15) is 14.7 Å². The molecule has 0 saturated carbocycles. The minimum Gasteiger partial charge on any atom is -0.481 e. The highest BCUT2D eigenvalue weighted by molar-refractivity contribution is 6.34. The minimum atomic E-state index is -1.01. The van der Waals surface area contributed by atoms with E-state index in [0.29, 0.717) is 51.3 Å². The molecule has 1 aliphatic rings. The lowest BCUT2D eigenvalue weighted by Gasteiger charge is -2.21. The number of aryl methyl sites for hydroxylation is 3. The molecular formula is C35H38Cl2N4O5. The standard InChI is InChI=1S/C35H38Cl2N4O5/c1-35(2,3)45-21-31-30(20-39-41(31)13-11-27-10-9-22-7-5-12-38-34(22)40-27)32(42)15-24(16-33(43)44)23-6-4-8-28(14-23)46-29-18-25(36)17-26(37)19-29/h4,6,8-10,14,17-20,24H,5,7,11-13,15-16,21H2,1-3H3,(H,38,40)(H,43,44). The Morgan fingerprint density at radius 2 is 1.83 bits per heavy atom. The zero-order chi connectivity index (χ0) is 32.8. The number of nitrogens with one attached hydrogen (secondary N) is 1. The third kappa shape index (κ3) is 9.09. The summed E-state index contributed by atoms with van der Waals surface area (Å²) in [5.74, 6) is 0.0175. The van der Waals surface area contributed by atoms with Crippen LogP contribution in [0.25, 0.3) is 0 Å². The van der Waals surface area contributed by atoms with Crippen LogP contribution in [0.3, 0.4) is 0 Å². The summed E-state index contributed by atoms with van der Waals surface area (Å²) in [7, 11) is 0. The number of nitrogens with zero attached hydrogens (tertiary/aromatic N) is 3. The molecule has 11 heteroatoms. The lowest BCUT2D eigenvalue weighted by molar-refractivity contribution is -0.137. The number of fused-ring (bicyclic) bond motifs is 1. The van der Waals surface area contributed by atoms with Gasteiger partial charge < -0.3 is 19.9 Å². The monoisotopic (exact) mass is 664 g/mol. The summed E-state index contributed by atoms with van der Waals surface area (Å²) < 4.78 is 13.9. The molecule has 0 amide bonds. The first-order chi connectivity index (χ1) is 21.9. The average molecular weight is 666 g/mol. The van der Waals surface area contributed by atoms with Crippen LogP contribution in [0.5, 0.6) is 11.5 Å². The van der Waals surface area contributed by atoms with Gasteiger partial charge in [-0.05, 0) is 81.1 Å². The van der Waals surface area contributed by atoms with Crippen molar-refractivity contribution in [3.8, 4) is 11.5 Å². The van der Waals surface area contributed by atoms with Crippen LogP contribution in [0.4, 0.5) is 5.82 Å². The summed E-state index contributed by atoms with van der Waals surface area (Å²) in [4.78, 5) is 30.6. The molecule has 2 N–H and O–H groups in total. The lowest BCUT2D eigenvalue weighted by atomic mass is 9.89. The van der Waals surface area contributed by atoms with E-state index in [0.717, 1.165) is 30.9 Å². The molecule has 0 saturated heterocycles. The van der Waals surface area contributed by atoms with E-state index in [4.69, 9.17) is 37.7 Å². The van der Waals surface area contributed by atoms with Crippen LogP contribution in [0, 0.1) is 0 Å². The second kappa shape index (κ2) is 14.7. The predicted molar refractivity (Wildman–Crippen MR) is 178 cm³/mol. The molecule has 0 aliphatic carbocycles. The quantitative estimate of drug-likeness (QED) is 0.138. The summed E-state index contributed by atoms with van der Waals surface area (Å²) in [5.41, 5.74) is 3.45. The summed E-state index contributed by atoms with van der Waals surface area (Å²) >= 11 is 12.2. The number of benzene rings is 2. The van der Waals surface area contributed by atoms with Crippen molar-refractivity contribution >= 4 is 40.8 Å². The average Bonchev–Trinajstić information content (AvgIpc) is 3.40. The number of carboxylic acids is 1. The maximum Gasteiger partial charge on any atom is 0.303 e. The molecule has 1 unspecified atom stereocenters. The van der Waals surface area contributed by atoms with E-state index < -0.39 is 17.5 Å². The Morgan fingerprint density at radius 3 is 2.57 bits per heavy atom. The molecule has 2 aromatic carbocycles. The van der Waals surface area contributed by atoms with Gasteiger partial charge in [0.15, 0.2) is 5.78 Å². The number of aliphatic carboxylic acids is 1. The molecule has 3 heterocycles. The Hall–Kier alpha value is -3.92. The number of carboxylic acid groups (broad SMARTS) is 1. The van der Waals surface area contributed by atoms with Gasteiger partial charge in [-0.15, -0.1) is 0 Å². The summed E-state index contributed by atoms with van der Waals surface area (Å²) in [6.07, 6.45) is 4.03. The minimum absolute atomic E-state index is 0.0367. The molecule has 0 spiro atoms. The van der Waals surface area contributed by atoms with Crippen LogP contribution < -0.4 is 10.1 Å². The van der Waals surface area contributed by atoms with E-state index in [2.05, 4.69) is 16.5 Å². The van der Waals surface area contributed by atoms with Gasteiger partial charge in [0.2, 0.25) is 0 Å². The van der Waals surface area contributed by atoms with Crippen LogP contribution in [0.2, 0.25) is 10.0 Å². The second-order valence-electron chi connectivity index (χ2n) is 12.4. The molecule has 5 rings (SSSR count). The largest absolute Gasteiger partial charge is 0.481 e. The number of halogens is 2. The van der Waals surface area contributed by atoms with Crippen LogP contribution in [-0.2, 0) is 35.5 Å². The molecule has 0 radical (unpaired) electrons. The van der Waals surface area contributed by atoms with Crippen molar-refractivity contribution in [2.45, 2.75) is 77.5 Å². The van der Waals surface area contributed by atoms with Gasteiger partial charge in [0.05, 0.1) is 36.1 Å². The number of carbonyl (C=O) groups is 2. The van der Waals surface area contributed by atoms with E-state index in [1.54, 1.807) is 53.3 Å². The summed E-state index contributed by atoms with van der Waals surface area (Å²) in [6.45, 7) is 7.46. The Kier molecular flexibility index (Phi) is 10.7. The van der Waals surface area contributed by atoms with Crippen molar-refractivity contribution in [2.75, 3.05) is 11.9 Å². The number of anilines is 1. The number of pyridine rings is 1. The van der Waals surface area contributed by atoms with E-state index in [-0.39, 0.29) is 25.2 Å². The Morgan fingerprint density at radius 1 is 1.04 bits per heavy atom. The normalized spacial score (nSPS) is 13.5. The van der Waals surface area contributed by atoms with E-state index in [1.807, 2.05) is 26.8 Å². The number of ketones is 1. The third-order valence-electron chi connectivity index (χ3n) is 7.68. The Labute approximate surface area is 278 Å². The smallest absolute Gasteiger partial charge is 0.303 e. The van der Waals surface area contributed by atoms with Gasteiger partial charge in [-0.25, -0.2) is 4.98 Å². The van der Waals surface area contributed by atoms with Crippen molar-refractivity contribution in [3.05, 3.63) is 98.9 Å². The zero-order valence-corrected chi connectivity index (χ0v) is 27.7. The first-order valence-electron chi connectivity index (χ1n) is 15.3. The van der Waals surface area contributed by atoms with Crippen LogP contribution in [0.1, 0.15) is 78.8 Å². The van der Waals surface area contributed by atoms with Gasteiger partial charge in [-0.1, -0.05) is 41.4 Å². The molecule has 9 nitrogen and oxygen atoms in total. The fraction of sp³-hybridized carbons (Fsp3) is 0.371. The Balaban J connectivity index is 1.36. The molecule has 2 aromatic heterocycles.